The van der Waals surface area contributed by atoms with Crippen LogP contribution in [0.4, 0.5) is 0 Å². The monoisotopic (exact) mass is 728 g/mol. The summed E-state index contributed by atoms with van der Waals surface area (Å²) in [5.41, 5.74) is 5.68. The molecule has 0 spiro atoms. The van der Waals surface area contributed by atoms with E-state index in [4.69, 9.17) is 32.9 Å². The molecular weight excluding hydrogens is 691 g/mol. The van der Waals surface area contributed by atoms with Gasteiger partial charge in [-0.1, -0.05) is 65.7 Å². The molecule has 2 saturated heterocycles. The number of carbonyl (C=O) groups is 1. The second-order valence-electron chi connectivity index (χ2n) is 13.3. The number of benzene rings is 2. The van der Waals surface area contributed by atoms with E-state index in [9.17, 15) is 19.8 Å². The van der Waals surface area contributed by atoms with Crippen molar-refractivity contribution in [3.8, 4) is 39.4 Å². The summed E-state index contributed by atoms with van der Waals surface area (Å²) < 4.78 is 7.18. The molecule has 1 unspecified atom stereocenters. The Morgan fingerprint density at radius 3 is 2.35 bits per heavy atom. The first-order chi connectivity index (χ1) is 24.7. The van der Waals surface area contributed by atoms with Crippen LogP contribution in [0.3, 0.4) is 0 Å². The second kappa shape index (κ2) is 14.7. The molecule has 1 atom stereocenters. The zero-order valence-electron chi connectivity index (χ0n) is 28.0. The first-order valence-electron chi connectivity index (χ1n) is 16.8. The average molecular weight is 730 g/mol. The minimum Gasteiger partial charge on any atom is -0.481 e. The van der Waals surface area contributed by atoms with Crippen LogP contribution in [0.2, 0.25) is 10.0 Å². The highest BCUT2D eigenvalue weighted by Crippen LogP contribution is 2.42. The maximum atomic E-state index is 13.3. The van der Waals surface area contributed by atoms with Crippen molar-refractivity contribution in [3.63, 3.8) is 0 Å². The molecule has 264 valence electrons. The molecule has 4 N–H and O–H groups in total. The lowest BCUT2D eigenvalue weighted by atomic mass is 9.81. The van der Waals surface area contributed by atoms with Crippen LogP contribution in [0, 0.1) is 5.41 Å². The molecular formula is C38H38Cl2N6O5. The number of hydrogen-bond donors (Lipinski definition) is 4. The van der Waals surface area contributed by atoms with E-state index in [1.165, 1.54) is 4.40 Å². The number of halogens is 2. The number of rotatable bonds is 12. The van der Waals surface area contributed by atoms with Gasteiger partial charge in [-0.3, -0.25) is 18.9 Å². The normalized spacial score (nSPS) is 17.0. The number of aromatic nitrogens is 3. The van der Waals surface area contributed by atoms with Crippen LogP contribution in [-0.4, -0.2) is 81.4 Å². The maximum Gasteiger partial charge on any atom is 0.262 e. The summed E-state index contributed by atoms with van der Waals surface area (Å²) >= 11 is 14.2. The molecule has 0 saturated carbocycles. The van der Waals surface area contributed by atoms with Crippen LogP contribution < -0.4 is 20.9 Å². The fourth-order valence-electron chi connectivity index (χ4n) is 6.94. The van der Waals surface area contributed by atoms with E-state index in [0.717, 1.165) is 39.8 Å². The van der Waals surface area contributed by atoms with E-state index >= 15 is 0 Å². The van der Waals surface area contributed by atoms with Gasteiger partial charge in [-0.15, -0.1) is 0 Å². The maximum absolute atomic E-state index is 13.3. The second-order valence-corrected chi connectivity index (χ2v) is 14.1. The summed E-state index contributed by atoms with van der Waals surface area (Å²) in [6, 6.07) is 19.1. The topological polar surface area (TPSA) is 141 Å². The largest absolute Gasteiger partial charge is 0.481 e. The van der Waals surface area contributed by atoms with E-state index in [2.05, 4.69) is 20.5 Å². The summed E-state index contributed by atoms with van der Waals surface area (Å²) in [4.78, 5) is 36.2. The summed E-state index contributed by atoms with van der Waals surface area (Å²) in [6.45, 7) is 2.59. The molecule has 5 aromatic rings. The Morgan fingerprint density at radius 1 is 0.961 bits per heavy atom. The molecule has 0 aliphatic carbocycles. The van der Waals surface area contributed by atoms with Crippen molar-refractivity contribution in [2.24, 2.45) is 5.41 Å². The number of likely N-dealkylation sites (tertiary alicyclic amines) is 1. The van der Waals surface area contributed by atoms with Crippen molar-refractivity contribution < 1.29 is 19.7 Å². The average Bonchev–Trinajstić information content (AvgIpc) is 3.55. The highest BCUT2D eigenvalue weighted by Gasteiger charge is 2.42. The first-order valence-corrected chi connectivity index (χ1v) is 17.5. The van der Waals surface area contributed by atoms with Gasteiger partial charge in [0.15, 0.2) is 0 Å². The molecule has 2 aliphatic rings. The van der Waals surface area contributed by atoms with Gasteiger partial charge in [-0.2, -0.15) is 0 Å². The Morgan fingerprint density at radius 2 is 1.67 bits per heavy atom. The lowest BCUT2D eigenvalue weighted by Gasteiger charge is -2.48. The molecule has 2 aromatic carbocycles. The predicted octanol–water partition coefficient (Wildman–Crippen LogP) is 4.56. The third-order valence-electron chi connectivity index (χ3n) is 9.76. The van der Waals surface area contributed by atoms with Gasteiger partial charge < -0.3 is 25.6 Å². The number of nitrogens with one attached hydrogen (secondary N) is 2. The minimum absolute atomic E-state index is 0.0543. The number of aliphatic hydroxyl groups excluding tert-OH is 2. The Balaban J connectivity index is 1.12. The summed E-state index contributed by atoms with van der Waals surface area (Å²) in [6.07, 6.45) is 4.61. The van der Waals surface area contributed by atoms with E-state index < -0.39 is 5.41 Å². The Hall–Kier alpha value is -4.36. The fourth-order valence-corrected chi connectivity index (χ4v) is 7.60. The van der Waals surface area contributed by atoms with Crippen molar-refractivity contribution in [2.75, 3.05) is 40.0 Å². The predicted molar refractivity (Wildman–Crippen MR) is 197 cm³/mol. The third-order valence-corrected chi connectivity index (χ3v) is 10.6. The number of amides is 1. The van der Waals surface area contributed by atoms with E-state index in [1.54, 1.807) is 19.5 Å². The Bertz CT molecular complexity index is 2160. The van der Waals surface area contributed by atoms with Crippen LogP contribution in [-0.2, 0) is 17.9 Å². The molecule has 51 heavy (non-hydrogen) atoms. The van der Waals surface area contributed by atoms with Crippen molar-refractivity contribution in [1.29, 1.82) is 0 Å². The molecule has 13 heteroatoms. The molecule has 2 fully saturated rings. The Labute approximate surface area is 304 Å². The van der Waals surface area contributed by atoms with E-state index in [-0.39, 0.29) is 30.7 Å². The molecule has 7 rings (SSSR count). The number of fused-ring (bicyclic) bond motifs is 1. The number of ether oxygens (including phenoxy) is 1. The van der Waals surface area contributed by atoms with E-state index in [0.29, 0.717) is 72.0 Å². The van der Waals surface area contributed by atoms with Gasteiger partial charge in [0.25, 0.3) is 5.56 Å². The molecule has 2 aliphatic heterocycles. The van der Waals surface area contributed by atoms with Gasteiger partial charge in [-0.05, 0) is 30.2 Å². The number of nitrogens with zero attached hydrogens (tertiary/aromatic N) is 4. The molecule has 1 amide bonds. The van der Waals surface area contributed by atoms with Gasteiger partial charge in [0, 0.05) is 96.4 Å². The van der Waals surface area contributed by atoms with E-state index in [1.807, 2.05) is 60.7 Å². The zero-order valence-corrected chi connectivity index (χ0v) is 29.5. The van der Waals surface area contributed by atoms with Crippen LogP contribution >= 0.6 is 23.2 Å². The number of hydrogen-bond acceptors (Lipinski definition) is 9. The lowest BCUT2D eigenvalue weighted by molar-refractivity contribution is -0.119. The van der Waals surface area contributed by atoms with Crippen molar-refractivity contribution in [1.82, 2.24) is 29.9 Å². The van der Waals surface area contributed by atoms with Gasteiger partial charge in [0.1, 0.15) is 5.65 Å². The van der Waals surface area contributed by atoms with Crippen molar-refractivity contribution >= 4 is 34.8 Å². The fraction of sp³-hybridized carbons (Fsp3) is 0.316. The SMILES string of the molecule is COc1nc(-c2cccc(-c3cccc(-c4ccn5c(=O)c(CNCC6CCC(=O)N6)cnc5c4)c3Cl)c2Cl)ccc1CN1CC(CO)(CO)C1. The summed E-state index contributed by atoms with van der Waals surface area (Å²) in [5.74, 6) is 0.536. The number of methoxy groups -OCH3 is 1. The first kappa shape index (κ1) is 35.1. The summed E-state index contributed by atoms with van der Waals surface area (Å²) in [5, 5.41) is 26.5. The standard InChI is InChI=1S/C38H38Cl2N6O5/c1-51-36-24(18-45-19-38(20-45,21-47)22-48)8-10-31(44-36)30-7-3-6-29(35(30)40)28-5-2-4-27(34(28)39)23-12-13-46-32(14-23)42-16-25(37(46)50)15-41-17-26-9-11-33(49)43-26/h2-8,10,12-14,16,26,41,47-48H,9,11,15,17-22H2,1H3,(H,43,49). The van der Waals surface area contributed by atoms with Gasteiger partial charge in [0.05, 0.1) is 36.1 Å². The van der Waals surface area contributed by atoms with Crippen LogP contribution in [0.15, 0.2) is 77.9 Å². The van der Waals surface area contributed by atoms with Crippen LogP contribution in [0.25, 0.3) is 39.2 Å². The molecule has 3 aromatic heterocycles. The number of pyridine rings is 2. The van der Waals surface area contributed by atoms with Gasteiger partial charge in [0.2, 0.25) is 11.8 Å². The lowest BCUT2D eigenvalue weighted by Crippen LogP contribution is -2.59. The molecule has 5 heterocycles. The summed E-state index contributed by atoms with van der Waals surface area (Å²) in [7, 11) is 1.58. The molecule has 0 radical (unpaired) electrons. The quantitative estimate of drug-likeness (QED) is 0.146. The number of carbonyl (C=O) groups excluding carboxylic acids is 1. The van der Waals surface area contributed by atoms with Crippen molar-refractivity contribution in [3.05, 3.63) is 105 Å². The van der Waals surface area contributed by atoms with Gasteiger partial charge in [-0.25, -0.2) is 9.97 Å². The van der Waals surface area contributed by atoms with Gasteiger partial charge >= 0.3 is 0 Å². The third kappa shape index (κ3) is 6.97. The highest BCUT2D eigenvalue weighted by molar-refractivity contribution is 6.39. The Kier molecular flexibility index (Phi) is 10.1. The number of aliphatic hydroxyl groups is 2. The van der Waals surface area contributed by atoms with Crippen LogP contribution in [0.5, 0.6) is 5.88 Å². The molecule has 0 bridgehead atoms. The highest BCUT2D eigenvalue weighted by atomic mass is 35.5. The van der Waals surface area contributed by atoms with Crippen molar-refractivity contribution in [2.45, 2.75) is 32.0 Å². The van der Waals surface area contributed by atoms with Crippen LogP contribution in [0.1, 0.15) is 24.0 Å². The smallest absolute Gasteiger partial charge is 0.262 e. The molecule has 11 nitrogen and oxygen atoms in total. The minimum atomic E-state index is -0.461. The zero-order chi connectivity index (χ0) is 35.7.